The Morgan fingerprint density at radius 2 is 1.86 bits per heavy atom. The SMILES string of the molecule is CCCCCOC(=O)C1C[C@@]2(C)[C@@H](CC[C@]2(O)C(=O)CN2CCN(c3ccccn3)CC2)[C@@H]2CCC3=CC(=O)CC[C@]3(C)[C@@H]12. The third-order valence-corrected chi connectivity index (χ3v) is 12.5. The van der Waals surface area contributed by atoms with Gasteiger partial charge < -0.3 is 14.7 Å². The van der Waals surface area contributed by atoms with E-state index in [1.54, 1.807) is 6.20 Å². The lowest BCUT2D eigenvalue weighted by atomic mass is 9.43. The summed E-state index contributed by atoms with van der Waals surface area (Å²) in [5.41, 5.74) is -1.21. The number of esters is 1. The van der Waals surface area contributed by atoms with Gasteiger partial charge >= 0.3 is 5.97 Å². The molecule has 2 heterocycles. The fourth-order valence-corrected chi connectivity index (χ4v) is 10.1. The Labute approximate surface area is 262 Å². The van der Waals surface area contributed by atoms with E-state index in [4.69, 9.17) is 4.74 Å². The van der Waals surface area contributed by atoms with Crippen molar-refractivity contribution in [3.8, 4) is 0 Å². The van der Waals surface area contributed by atoms with Crippen LogP contribution in [0.2, 0.25) is 0 Å². The van der Waals surface area contributed by atoms with Crippen molar-refractivity contribution >= 4 is 23.4 Å². The van der Waals surface area contributed by atoms with Gasteiger partial charge in [-0.05, 0) is 86.3 Å². The van der Waals surface area contributed by atoms with Gasteiger partial charge in [0.2, 0.25) is 0 Å². The number of carbonyl (C=O) groups is 3. The number of ether oxygens (including phenoxy) is 1. The molecule has 1 aliphatic heterocycles. The molecule has 3 saturated carbocycles. The molecule has 44 heavy (non-hydrogen) atoms. The Kier molecular flexibility index (Phi) is 8.79. The van der Waals surface area contributed by atoms with Gasteiger partial charge in [-0.15, -0.1) is 0 Å². The lowest BCUT2D eigenvalue weighted by Crippen LogP contribution is -2.62. The van der Waals surface area contributed by atoms with Crippen LogP contribution in [0.25, 0.3) is 0 Å². The van der Waals surface area contributed by atoms with Gasteiger partial charge in [-0.25, -0.2) is 4.98 Å². The number of hydrogen-bond donors (Lipinski definition) is 1. The summed E-state index contributed by atoms with van der Waals surface area (Å²) in [5, 5.41) is 12.4. The fraction of sp³-hybridized carbons (Fsp3) is 0.722. The normalized spacial score (nSPS) is 37.0. The molecular weight excluding hydrogens is 554 g/mol. The summed E-state index contributed by atoms with van der Waals surface area (Å²) in [5.74, 6) is 0.888. The first kappa shape index (κ1) is 31.4. The van der Waals surface area contributed by atoms with E-state index in [0.29, 0.717) is 25.9 Å². The molecule has 8 nitrogen and oxygen atoms in total. The van der Waals surface area contributed by atoms with Crippen LogP contribution in [0.4, 0.5) is 5.82 Å². The number of allylic oxidation sites excluding steroid dienone is 1. The van der Waals surface area contributed by atoms with Gasteiger partial charge in [0, 0.05) is 44.2 Å². The maximum atomic E-state index is 14.2. The van der Waals surface area contributed by atoms with Crippen LogP contribution in [0.3, 0.4) is 0 Å². The maximum absolute atomic E-state index is 14.2. The third-order valence-electron chi connectivity index (χ3n) is 12.5. The standard InChI is InChI=1S/C36H51N3O5/c1-4-5-8-21-44-33(42)28-23-35(3)29(27-11-10-25-22-26(40)12-14-34(25,2)32(27)28)13-15-36(35,43)30(41)24-38-17-19-39(20-18-38)31-9-6-7-16-37-31/h6-7,9,16,22,27-29,32,43H,4-5,8,10-15,17-21,23-24H2,1-3H3/t27-,28?,29-,32+,34-,35-,36-/m0/s1. The minimum atomic E-state index is -1.47. The largest absolute Gasteiger partial charge is 0.465 e. The van der Waals surface area contributed by atoms with Crippen LogP contribution >= 0.6 is 0 Å². The number of aliphatic hydroxyl groups is 1. The highest BCUT2D eigenvalue weighted by atomic mass is 16.5. The summed E-state index contributed by atoms with van der Waals surface area (Å²) in [7, 11) is 0. The average molecular weight is 606 g/mol. The molecule has 0 bridgehead atoms. The number of anilines is 1. The number of rotatable bonds is 9. The molecular formula is C36H51N3O5. The predicted molar refractivity (Wildman–Crippen MR) is 169 cm³/mol. The van der Waals surface area contributed by atoms with E-state index in [0.717, 1.165) is 76.9 Å². The van der Waals surface area contributed by atoms with Gasteiger partial charge in [0.1, 0.15) is 11.4 Å². The van der Waals surface area contributed by atoms with Gasteiger partial charge in [-0.1, -0.05) is 45.3 Å². The van der Waals surface area contributed by atoms with Gasteiger partial charge in [0.05, 0.1) is 19.1 Å². The molecule has 1 aromatic heterocycles. The summed E-state index contributed by atoms with van der Waals surface area (Å²) in [6.45, 7) is 10.2. The second-order valence-electron chi connectivity index (χ2n) is 14.8. The van der Waals surface area contributed by atoms with Crippen molar-refractivity contribution in [3.05, 3.63) is 36.0 Å². The van der Waals surface area contributed by atoms with Gasteiger partial charge in [-0.2, -0.15) is 0 Å². The fourth-order valence-electron chi connectivity index (χ4n) is 10.1. The number of aromatic nitrogens is 1. The smallest absolute Gasteiger partial charge is 0.309 e. The molecule has 8 heteroatoms. The maximum Gasteiger partial charge on any atom is 0.309 e. The van der Waals surface area contributed by atoms with E-state index < -0.39 is 16.9 Å². The second kappa shape index (κ2) is 12.3. The Hall–Kier alpha value is -2.58. The summed E-state index contributed by atoms with van der Waals surface area (Å²) < 4.78 is 5.96. The van der Waals surface area contributed by atoms with E-state index in [1.807, 2.05) is 24.3 Å². The van der Waals surface area contributed by atoms with Gasteiger partial charge in [0.15, 0.2) is 11.6 Å². The number of ketones is 2. The molecule has 1 aromatic rings. The highest BCUT2D eigenvalue weighted by molar-refractivity contribution is 5.92. The predicted octanol–water partition coefficient (Wildman–Crippen LogP) is 5.00. The Morgan fingerprint density at radius 1 is 1.07 bits per heavy atom. The zero-order chi connectivity index (χ0) is 31.1. The lowest BCUT2D eigenvalue weighted by molar-refractivity contribution is -0.184. The summed E-state index contributed by atoms with van der Waals surface area (Å²) >= 11 is 0. The van der Waals surface area contributed by atoms with E-state index in [-0.39, 0.29) is 47.2 Å². The molecule has 7 atom stereocenters. The van der Waals surface area contributed by atoms with Crippen LogP contribution in [0.1, 0.15) is 85.0 Å². The topological polar surface area (TPSA) is 100 Å². The number of piperazine rings is 1. The Balaban J connectivity index is 1.23. The number of unbranched alkanes of at least 4 members (excludes halogenated alkanes) is 2. The van der Waals surface area contributed by atoms with Crippen LogP contribution in [0, 0.1) is 34.5 Å². The van der Waals surface area contributed by atoms with Crippen LogP contribution in [-0.4, -0.2) is 77.5 Å². The van der Waals surface area contributed by atoms with Crippen LogP contribution in [0.15, 0.2) is 36.0 Å². The van der Waals surface area contributed by atoms with Crippen molar-refractivity contribution in [3.63, 3.8) is 0 Å². The molecule has 240 valence electrons. The second-order valence-corrected chi connectivity index (χ2v) is 14.8. The van der Waals surface area contributed by atoms with E-state index >= 15 is 0 Å². The monoisotopic (exact) mass is 605 g/mol. The number of hydrogen-bond acceptors (Lipinski definition) is 8. The quantitative estimate of drug-likeness (QED) is 0.310. The first-order chi connectivity index (χ1) is 21.1. The molecule has 5 aliphatic rings. The van der Waals surface area contributed by atoms with Crippen molar-refractivity contribution in [2.45, 2.75) is 90.6 Å². The highest BCUT2D eigenvalue weighted by Gasteiger charge is 2.69. The molecule has 4 aliphatic carbocycles. The number of carbonyl (C=O) groups excluding carboxylic acids is 3. The molecule has 4 fully saturated rings. The molecule has 0 spiro atoms. The summed E-state index contributed by atoms with van der Waals surface area (Å²) in [6, 6.07) is 5.92. The average Bonchev–Trinajstić information content (AvgIpc) is 3.31. The molecule has 0 radical (unpaired) electrons. The molecule has 1 N–H and O–H groups in total. The van der Waals surface area contributed by atoms with Crippen LogP contribution in [0.5, 0.6) is 0 Å². The van der Waals surface area contributed by atoms with Gasteiger partial charge in [0.25, 0.3) is 0 Å². The molecule has 1 saturated heterocycles. The highest BCUT2D eigenvalue weighted by Crippen LogP contribution is 2.69. The van der Waals surface area contributed by atoms with Crippen molar-refractivity contribution < 1.29 is 24.2 Å². The number of fused-ring (bicyclic) bond motifs is 5. The molecule has 1 unspecified atom stereocenters. The zero-order valence-corrected chi connectivity index (χ0v) is 26.9. The van der Waals surface area contributed by atoms with Crippen molar-refractivity contribution in [2.75, 3.05) is 44.2 Å². The lowest BCUT2D eigenvalue weighted by Gasteiger charge is -2.61. The summed E-state index contributed by atoms with van der Waals surface area (Å²) in [4.78, 5) is 49.5. The van der Waals surface area contributed by atoms with Crippen LogP contribution < -0.4 is 4.90 Å². The molecule has 0 amide bonds. The molecule has 6 rings (SSSR count). The minimum absolute atomic E-state index is 0.0597. The number of Topliss-reactive ketones (excluding diaryl/α,β-unsaturated/α-hetero) is 1. The van der Waals surface area contributed by atoms with Gasteiger partial charge in [-0.3, -0.25) is 19.3 Å². The first-order valence-corrected chi connectivity index (χ1v) is 17.2. The minimum Gasteiger partial charge on any atom is -0.465 e. The number of nitrogens with zero attached hydrogens (tertiary/aromatic N) is 3. The number of pyridine rings is 1. The summed E-state index contributed by atoms with van der Waals surface area (Å²) in [6.07, 6.45) is 11.3. The zero-order valence-electron chi connectivity index (χ0n) is 26.9. The first-order valence-electron chi connectivity index (χ1n) is 17.2. The van der Waals surface area contributed by atoms with Crippen molar-refractivity contribution in [2.24, 2.45) is 34.5 Å². The molecule has 0 aromatic carbocycles. The Morgan fingerprint density at radius 3 is 2.59 bits per heavy atom. The third kappa shape index (κ3) is 5.34. The van der Waals surface area contributed by atoms with Crippen LogP contribution in [-0.2, 0) is 19.1 Å². The van der Waals surface area contributed by atoms with Crippen molar-refractivity contribution in [1.29, 1.82) is 0 Å². The van der Waals surface area contributed by atoms with Crippen molar-refractivity contribution in [1.82, 2.24) is 9.88 Å². The van der Waals surface area contributed by atoms with E-state index in [9.17, 15) is 19.5 Å². The van der Waals surface area contributed by atoms with E-state index in [2.05, 4.69) is 35.6 Å². The van der Waals surface area contributed by atoms with E-state index in [1.165, 1.54) is 5.57 Å². The Bertz CT molecular complexity index is 1280.